The van der Waals surface area contributed by atoms with Crippen molar-refractivity contribution in [3.05, 3.63) is 23.8 Å². The molecule has 1 unspecified atom stereocenters. The van der Waals surface area contributed by atoms with E-state index in [1.54, 1.807) is 0 Å². The average Bonchev–Trinajstić information content (AvgIpc) is 2.87. The molecule has 0 aliphatic carbocycles. The van der Waals surface area contributed by atoms with Crippen LogP contribution in [0.3, 0.4) is 0 Å². The van der Waals surface area contributed by atoms with E-state index in [-0.39, 0.29) is 24.5 Å². The Labute approximate surface area is 135 Å². The van der Waals surface area contributed by atoms with Gasteiger partial charge in [-0.2, -0.15) is 18.4 Å². The number of carbonyl (C=O) groups excluding carboxylic acids is 2. The maximum atomic E-state index is 12.4. The Balaban J connectivity index is 2.06. The zero-order valence-corrected chi connectivity index (χ0v) is 12.6. The van der Waals surface area contributed by atoms with E-state index in [1.165, 1.54) is 25.3 Å². The molecule has 2 rings (SSSR count). The number of hydrogen-bond donors (Lipinski definition) is 0. The van der Waals surface area contributed by atoms with Gasteiger partial charge in [-0.05, 0) is 12.1 Å². The molecule has 0 radical (unpaired) electrons. The summed E-state index contributed by atoms with van der Waals surface area (Å²) >= 11 is 0. The number of hydrogen-bond acceptors (Lipinski definition) is 5. The number of carbonyl (C=O) groups is 2. The summed E-state index contributed by atoms with van der Waals surface area (Å²) in [6.45, 7) is -1.74. The molecule has 1 atom stereocenters. The summed E-state index contributed by atoms with van der Waals surface area (Å²) in [6.07, 6.45) is -4.86. The summed E-state index contributed by atoms with van der Waals surface area (Å²) in [5.74, 6) is -2.39. The lowest BCUT2D eigenvalue weighted by atomic mass is 10.1. The fourth-order valence-electron chi connectivity index (χ4n) is 2.31. The van der Waals surface area contributed by atoms with E-state index in [2.05, 4.69) is 0 Å². The number of likely N-dealkylation sites (tertiary alicyclic amines) is 1. The maximum absolute atomic E-state index is 12.4. The molecule has 0 aromatic heterocycles. The second kappa shape index (κ2) is 6.78. The highest BCUT2D eigenvalue weighted by molar-refractivity contribution is 5.87. The number of nitrogens with zero attached hydrogens (tertiary/aromatic N) is 2. The van der Waals surface area contributed by atoms with Gasteiger partial charge in [-0.25, -0.2) is 0 Å². The number of benzene rings is 1. The molecule has 0 saturated carbocycles. The fraction of sp³-hybridized carbons (Fsp3) is 0.400. The number of nitriles is 1. The molecule has 1 aromatic carbocycles. The van der Waals surface area contributed by atoms with E-state index >= 15 is 0 Å². The van der Waals surface area contributed by atoms with Gasteiger partial charge >= 0.3 is 12.1 Å². The lowest BCUT2D eigenvalue weighted by Gasteiger charge is -2.18. The second-order valence-corrected chi connectivity index (χ2v) is 5.19. The summed E-state index contributed by atoms with van der Waals surface area (Å²) in [7, 11) is 1.32. The predicted octanol–water partition coefficient (Wildman–Crippen LogP) is 1.88. The largest absolute Gasteiger partial charge is 0.493 e. The number of amides is 1. The van der Waals surface area contributed by atoms with Crippen molar-refractivity contribution in [3.63, 3.8) is 0 Å². The highest BCUT2D eigenvalue weighted by atomic mass is 19.4. The number of methoxy groups -OCH3 is 1. The smallest absolute Gasteiger partial charge is 0.406 e. The van der Waals surface area contributed by atoms with Crippen LogP contribution in [0.5, 0.6) is 11.5 Å². The Hall–Kier alpha value is -2.76. The highest BCUT2D eigenvalue weighted by Crippen LogP contribution is 2.30. The summed E-state index contributed by atoms with van der Waals surface area (Å²) < 4.78 is 47.2. The zero-order chi connectivity index (χ0) is 17.9. The molecule has 1 aromatic rings. The number of alkyl halides is 3. The van der Waals surface area contributed by atoms with Gasteiger partial charge in [0.25, 0.3) is 0 Å². The number of halogens is 3. The summed E-state index contributed by atoms with van der Waals surface area (Å²) in [4.78, 5) is 24.3. The quantitative estimate of drug-likeness (QED) is 0.617. The number of ether oxygens (including phenoxy) is 2. The fourth-order valence-corrected chi connectivity index (χ4v) is 2.31. The van der Waals surface area contributed by atoms with Crippen LogP contribution in [0, 0.1) is 17.2 Å². The van der Waals surface area contributed by atoms with E-state index in [4.69, 9.17) is 14.7 Å². The second-order valence-electron chi connectivity index (χ2n) is 5.19. The van der Waals surface area contributed by atoms with Crippen LogP contribution in [0.2, 0.25) is 0 Å². The van der Waals surface area contributed by atoms with Gasteiger partial charge in [-0.1, -0.05) is 0 Å². The molecule has 1 saturated heterocycles. The third-order valence-corrected chi connectivity index (χ3v) is 3.42. The van der Waals surface area contributed by atoms with Gasteiger partial charge in [0.15, 0.2) is 11.5 Å². The Kier molecular flexibility index (Phi) is 4.97. The molecule has 0 bridgehead atoms. The van der Waals surface area contributed by atoms with E-state index in [9.17, 15) is 22.8 Å². The lowest BCUT2D eigenvalue weighted by molar-refractivity contribution is -0.157. The molecule has 24 heavy (non-hydrogen) atoms. The first-order valence-corrected chi connectivity index (χ1v) is 6.88. The van der Waals surface area contributed by atoms with Gasteiger partial charge < -0.3 is 14.4 Å². The van der Waals surface area contributed by atoms with Crippen LogP contribution in [0.1, 0.15) is 12.0 Å². The minimum absolute atomic E-state index is 0.0308. The molecule has 0 spiro atoms. The average molecular weight is 342 g/mol. The normalized spacial score (nSPS) is 17.5. The molecule has 9 heteroatoms. The summed E-state index contributed by atoms with van der Waals surface area (Å²) in [6, 6.07) is 6.00. The summed E-state index contributed by atoms with van der Waals surface area (Å²) in [5.41, 5.74) is 0.291. The number of esters is 1. The molecule has 1 amide bonds. The molecular formula is C15H13F3N2O4. The van der Waals surface area contributed by atoms with Crippen molar-refractivity contribution in [2.45, 2.75) is 12.6 Å². The minimum atomic E-state index is -4.52. The van der Waals surface area contributed by atoms with Crippen molar-refractivity contribution in [1.29, 1.82) is 5.26 Å². The van der Waals surface area contributed by atoms with Crippen molar-refractivity contribution in [1.82, 2.24) is 4.90 Å². The van der Waals surface area contributed by atoms with Gasteiger partial charge in [0.05, 0.1) is 24.7 Å². The van der Waals surface area contributed by atoms with Crippen molar-refractivity contribution in [2.75, 3.05) is 20.2 Å². The standard InChI is InChI=1S/C15H13F3N2O4/c1-23-12-4-9(6-19)2-3-11(12)24-14(22)10-5-13(21)20(7-10)8-15(16,17)18/h2-4,10H,5,7-8H2,1H3. The topological polar surface area (TPSA) is 79.6 Å². The molecular weight excluding hydrogens is 329 g/mol. The molecule has 1 heterocycles. The SMILES string of the molecule is COc1cc(C#N)ccc1OC(=O)C1CC(=O)N(CC(F)(F)F)C1. The first-order chi connectivity index (χ1) is 11.2. The Bertz CT molecular complexity index is 697. The third kappa shape index (κ3) is 4.16. The van der Waals surface area contributed by atoms with Gasteiger partial charge in [-0.15, -0.1) is 0 Å². The maximum Gasteiger partial charge on any atom is 0.406 e. The van der Waals surface area contributed by atoms with Crippen LogP contribution in [-0.4, -0.2) is 43.2 Å². The molecule has 1 fully saturated rings. The zero-order valence-electron chi connectivity index (χ0n) is 12.6. The molecule has 1 aliphatic rings. The van der Waals surface area contributed by atoms with Gasteiger partial charge in [0.1, 0.15) is 6.54 Å². The first-order valence-electron chi connectivity index (χ1n) is 6.88. The van der Waals surface area contributed by atoms with Gasteiger partial charge in [-0.3, -0.25) is 9.59 Å². The summed E-state index contributed by atoms with van der Waals surface area (Å²) in [5, 5.41) is 8.81. The Morgan fingerprint density at radius 3 is 2.71 bits per heavy atom. The Morgan fingerprint density at radius 2 is 2.12 bits per heavy atom. The van der Waals surface area contributed by atoms with E-state index in [1.807, 2.05) is 6.07 Å². The van der Waals surface area contributed by atoms with E-state index in [0.29, 0.717) is 10.5 Å². The van der Waals surface area contributed by atoms with Crippen LogP contribution in [0.15, 0.2) is 18.2 Å². The van der Waals surface area contributed by atoms with Crippen LogP contribution in [0.25, 0.3) is 0 Å². The van der Waals surface area contributed by atoms with Crippen molar-refractivity contribution in [3.8, 4) is 17.6 Å². The molecule has 128 valence electrons. The Morgan fingerprint density at radius 1 is 1.42 bits per heavy atom. The molecule has 1 aliphatic heterocycles. The molecule has 6 nitrogen and oxygen atoms in total. The van der Waals surface area contributed by atoms with E-state index < -0.39 is 30.5 Å². The van der Waals surface area contributed by atoms with E-state index in [0.717, 1.165) is 0 Å². The van der Waals surface area contributed by atoms with Gasteiger partial charge in [0, 0.05) is 19.0 Å². The number of rotatable bonds is 4. The third-order valence-electron chi connectivity index (χ3n) is 3.42. The van der Waals surface area contributed by atoms with Crippen LogP contribution < -0.4 is 9.47 Å². The van der Waals surface area contributed by atoms with Crippen molar-refractivity contribution < 1.29 is 32.2 Å². The minimum Gasteiger partial charge on any atom is -0.493 e. The van der Waals surface area contributed by atoms with Gasteiger partial charge in [0.2, 0.25) is 5.91 Å². The van der Waals surface area contributed by atoms with Crippen LogP contribution in [-0.2, 0) is 9.59 Å². The monoisotopic (exact) mass is 342 g/mol. The first kappa shape index (κ1) is 17.6. The molecule has 0 N–H and O–H groups in total. The van der Waals surface area contributed by atoms with Crippen LogP contribution >= 0.6 is 0 Å². The van der Waals surface area contributed by atoms with Crippen molar-refractivity contribution >= 4 is 11.9 Å². The van der Waals surface area contributed by atoms with Crippen molar-refractivity contribution in [2.24, 2.45) is 5.92 Å². The van der Waals surface area contributed by atoms with Crippen LogP contribution in [0.4, 0.5) is 13.2 Å². The predicted molar refractivity (Wildman–Crippen MR) is 74.1 cm³/mol. The highest BCUT2D eigenvalue weighted by Gasteiger charge is 2.41. The lowest BCUT2D eigenvalue weighted by Crippen LogP contribution is -2.36.